The van der Waals surface area contributed by atoms with Gasteiger partial charge in [0.2, 0.25) is 0 Å². The molecule has 0 saturated heterocycles. The van der Waals surface area contributed by atoms with Gasteiger partial charge in [-0.15, -0.1) is 0 Å². The summed E-state index contributed by atoms with van der Waals surface area (Å²) in [5, 5.41) is 7.04. The van der Waals surface area contributed by atoms with Crippen molar-refractivity contribution in [3.05, 3.63) is 35.9 Å². The van der Waals surface area contributed by atoms with Crippen LogP contribution < -0.4 is 5.73 Å². The summed E-state index contributed by atoms with van der Waals surface area (Å²) in [6.07, 6.45) is -0.487. The predicted octanol–water partition coefficient (Wildman–Crippen LogP) is 1.19. The maximum atomic E-state index is 11.4. The van der Waals surface area contributed by atoms with Crippen molar-refractivity contribution < 1.29 is 9.53 Å². The molecular formula is C11H15N3O2. The highest BCUT2D eigenvalue weighted by atomic mass is 16.6. The molecule has 0 radical (unpaired) electrons. The number of rotatable bonds is 4. The molecule has 16 heavy (non-hydrogen) atoms. The lowest BCUT2D eigenvalue weighted by molar-refractivity contribution is 0.109. The Hall–Kier alpha value is -2.04. The Labute approximate surface area is 94.3 Å². The molecule has 0 bridgehead atoms. The van der Waals surface area contributed by atoms with Crippen molar-refractivity contribution in [3.63, 3.8) is 0 Å². The van der Waals surface area contributed by atoms with Crippen molar-refractivity contribution in [3.8, 4) is 0 Å². The molecule has 0 saturated carbocycles. The Kier molecular flexibility index (Phi) is 4.32. The Bertz CT molecular complexity index is 365. The highest BCUT2D eigenvalue weighted by Crippen LogP contribution is 2.02. The zero-order valence-corrected chi connectivity index (χ0v) is 9.14. The molecule has 5 heteroatoms. The van der Waals surface area contributed by atoms with Gasteiger partial charge in [0, 0.05) is 7.05 Å². The lowest BCUT2D eigenvalue weighted by Crippen LogP contribution is -2.35. The molecule has 1 amide bonds. The molecule has 0 aliphatic carbocycles. The fourth-order valence-electron chi connectivity index (χ4n) is 1.15. The number of carbonyl (C=O) groups is 1. The minimum atomic E-state index is -0.487. The lowest BCUT2D eigenvalue weighted by atomic mass is 10.2. The number of carbonyl (C=O) groups excluding carboxylic acids is 1. The highest BCUT2D eigenvalue weighted by Gasteiger charge is 2.10. The van der Waals surface area contributed by atoms with E-state index in [1.165, 1.54) is 11.9 Å². The van der Waals surface area contributed by atoms with Crippen LogP contribution in [0.1, 0.15) is 5.56 Å². The molecule has 0 fully saturated rings. The van der Waals surface area contributed by atoms with E-state index in [9.17, 15) is 4.79 Å². The van der Waals surface area contributed by atoms with Crippen LogP contribution >= 0.6 is 0 Å². The average Bonchev–Trinajstić information content (AvgIpc) is 2.26. The van der Waals surface area contributed by atoms with E-state index in [2.05, 4.69) is 0 Å². The molecule has 1 aromatic rings. The zero-order chi connectivity index (χ0) is 12.0. The van der Waals surface area contributed by atoms with Crippen molar-refractivity contribution in [2.75, 3.05) is 13.6 Å². The second-order valence-corrected chi connectivity index (χ2v) is 3.42. The smallest absolute Gasteiger partial charge is 0.410 e. The van der Waals surface area contributed by atoms with Gasteiger partial charge in [-0.2, -0.15) is 0 Å². The molecule has 0 atom stereocenters. The minimum absolute atomic E-state index is 0.0702. The summed E-state index contributed by atoms with van der Waals surface area (Å²) >= 11 is 0. The molecule has 0 aliphatic heterocycles. The van der Waals surface area contributed by atoms with E-state index in [0.29, 0.717) is 0 Å². The zero-order valence-electron chi connectivity index (χ0n) is 9.14. The van der Waals surface area contributed by atoms with Crippen molar-refractivity contribution in [2.24, 2.45) is 5.73 Å². The van der Waals surface area contributed by atoms with Crippen LogP contribution in [-0.2, 0) is 11.3 Å². The Morgan fingerprint density at radius 3 is 2.62 bits per heavy atom. The average molecular weight is 221 g/mol. The predicted molar refractivity (Wildman–Crippen MR) is 61.2 cm³/mol. The molecule has 1 rings (SSSR count). The number of hydrogen-bond donors (Lipinski definition) is 2. The molecule has 0 spiro atoms. The van der Waals surface area contributed by atoms with Crippen LogP contribution in [0.4, 0.5) is 4.79 Å². The van der Waals surface area contributed by atoms with E-state index in [0.717, 1.165) is 5.56 Å². The number of likely N-dealkylation sites (N-methyl/N-ethyl adjacent to an activating group) is 1. The van der Waals surface area contributed by atoms with E-state index in [1.807, 2.05) is 30.3 Å². The topological polar surface area (TPSA) is 79.4 Å². The number of hydrogen-bond acceptors (Lipinski definition) is 3. The van der Waals surface area contributed by atoms with E-state index < -0.39 is 6.09 Å². The summed E-state index contributed by atoms with van der Waals surface area (Å²) in [6, 6.07) is 9.40. The molecule has 0 aromatic heterocycles. The Balaban J connectivity index is 2.38. The van der Waals surface area contributed by atoms with E-state index in [1.54, 1.807) is 0 Å². The van der Waals surface area contributed by atoms with Crippen LogP contribution in [0.3, 0.4) is 0 Å². The van der Waals surface area contributed by atoms with E-state index in [-0.39, 0.29) is 19.0 Å². The van der Waals surface area contributed by atoms with Crippen LogP contribution in [0.25, 0.3) is 0 Å². The maximum Gasteiger partial charge on any atom is 0.410 e. The van der Waals surface area contributed by atoms with Crippen LogP contribution in [0, 0.1) is 5.41 Å². The second kappa shape index (κ2) is 5.75. The Morgan fingerprint density at radius 1 is 1.44 bits per heavy atom. The number of benzene rings is 1. The number of nitrogens with two attached hydrogens (primary N) is 1. The molecule has 5 nitrogen and oxygen atoms in total. The van der Waals surface area contributed by atoms with Gasteiger partial charge in [0.15, 0.2) is 0 Å². The van der Waals surface area contributed by atoms with Gasteiger partial charge in [-0.25, -0.2) is 4.79 Å². The maximum absolute atomic E-state index is 11.4. The van der Waals surface area contributed by atoms with Gasteiger partial charge in [0.05, 0.1) is 6.54 Å². The van der Waals surface area contributed by atoms with Gasteiger partial charge >= 0.3 is 6.09 Å². The van der Waals surface area contributed by atoms with E-state index in [4.69, 9.17) is 15.9 Å². The van der Waals surface area contributed by atoms with Crippen molar-refractivity contribution in [1.82, 2.24) is 4.90 Å². The standard InChI is InChI=1S/C11H15N3O2/c1-14(7-10(12)13)11(15)16-8-9-5-3-2-4-6-9/h2-6H,7-8H2,1H3,(H3,12,13). The van der Waals surface area contributed by atoms with Crippen molar-refractivity contribution >= 4 is 11.9 Å². The molecule has 1 aromatic carbocycles. The molecular weight excluding hydrogens is 206 g/mol. The number of amidine groups is 1. The summed E-state index contributed by atoms with van der Waals surface area (Å²) in [7, 11) is 1.54. The van der Waals surface area contributed by atoms with Crippen LogP contribution in [-0.4, -0.2) is 30.4 Å². The van der Waals surface area contributed by atoms with Crippen molar-refractivity contribution in [2.45, 2.75) is 6.61 Å². The van der Waals surface area contributed by atoms with Crippen LogP contribution in [0.2, 0.25) is 0 Å². The monoisotopic (exact) mass is 221 g/mol. The first kappa shape index (κ1) is 12.0. The third-order valence-corrected chi connectivity index (χ3v) is 1.92. The van der Waals surface area contributed by atoms with Gasteiger partial charge in [0.1, 0.15) is 12.4 Å². The summed E-state index contributed by atoms with van der Waals surface area (Å²) in [5.74, 6) is -0.0702. The Morgan fingerprint density at radius 2 is 2.06 bits per heavy atom. The molecule has 0 heterocycles. The molecule has 86 valence electrons. The van der Waals surface area contributed by atoms with Gasteiger partial charge in [-0.3, -0.25) is 5.41 Å². The van der Waals surface area contributed by atoms with Crippen LogP contribution in [0.15, 0.2) is 30.3 Å². The SMILES string of the molecule is CN(CC(=N)N)C(=O)OCc1ccccc1. The second-order valence-electron chi connectivity index (χ2n) is 3.42. The largest absolute Gasteiger partial charge is 0.445 e. The summed E-state index contributed by atoms with van der Waals surface area (Å²) in [5.41, 5.74) is 6.10. The molecule has 3 N–H and O–H groups in total. The third kappa shape index (κ3) is 4.00. The van der Waals surface area contributed by atoms with Gasteiger partial charge in [0.25, 0.3) is 0 Å². The highest BCUT2D eigenvalue weighted by molar-refractivity contribution is 5.82. The number of nitrogens with one attached hydrogen (secondary N) is 1. The fourth-order valence-corrected chi connectivity index (χ4v) is 1.15. The quantitative estimate of drug-likeness (QED) is 0.592. The first-order valence-corrected chi connectivity index (χ1v) is 4.84. The van der Waals surface area contributed by atoms with Crippen molar-refractivity contribution in [1.29, 1.82) is 5.41 Å². The summed E-state index contributed by atoms with van der Waals surface area (Å²) in [4.78, 5) is 12.7. The molecule has 0 unspecified atom stereocenters. The van der Waals surface area contributed by atoms with Gasteiger partial charge in [-0.05, 0) is 5.56 Å². The third-order valence-electron chi connectivity index (χ3n) is 1.92. The summed E-state index contributed by atoms with van der Waals surface area (Å²) < 4.78 is 5.03. The minimum Gasteiger partial charge on any atom is -0.445 e. The first-order valence-electron chi connectivity index (χ1n) is 4.84. The van der Waals surface area contributed by atoms with E-state index >= 15 is 0 Å². The fraction of sp³-hybridized carbons (Fsp3) is 0.273. The number of amides is 1. The number of ether oxygens (including phenoxy) is 1. The van der Waals surface area contributed by atoms with Gasteiger partial charge < -0.3 is 15.4 Å². The molecule has 0 aliphatic rings. The summed E-state index contributed by atoms with van der Waals surface area (Å²) in [6.45, 7) is 0.301. The van der Waals surface area contributed by atoms with Gasteiger partial charge in [-0.1, -0.05) is 30.3 Å². The number of nitrogens with zero attached hydrogens (tertiary/aromatic N) is 1. The lowest BCUT2D eigenvalue weighted by Gasteiger charge is -2.15. The first-order chi connectivity index (χ1) is 7.59. The normalized spacial score (nSPS) is 9.56. The van der Waals surface area contributed by atoms with Crippen LogP contribution in [0.5, 0.6) is 0 Å².